The van der Waals surface area contributed by atoms with E-state index in [-0.39, 0.29) is 5.91 Å². The number of halogens is 2. The summed E-state index contributed by atoms with van der Waals surface area (Å²) in [4.78, 5) is 10.5. The van der Waals surface area contributed by atoms with Crippen molar-refractivity contribution in [2.75, 3.05) is 6.80 Å². The lowest BCUT2D eigenvalue weighted by Gasteiger charge is -2.06. The van der Waals surface area contributed by atoms with Gasteiger partial charge in [0.15, 0.2) is 6.80 Å². The number of carbonyl (C=O) groups excluding carboxylic acids is 1. The van der Waals surface area contributed by atoms with Crippen molar-refractivity contribution in [3.05, 3.63) is 0 Å². The first-order chi connectivity index (χ1) is 4.22. The summed E-state index contributed by atoms with van der Waals surface area (Å²) in [6.07, 6.45) is 1.01. The molecule has 0 unspecified atom stereocenters. The lowest BCUT2D eigenvalue weighted by atomic mass is 10.3. The Kier molecular flexibility index (Phi) is 4.40. The molecule has 0 saturated carbocycles. The molecule has 4 heteroatoms. The predicted octanol–water partition coefficient (Wildman–Crippen LogP) is 1.70. The summed E-state index contributed by atoms with van der Waals surface area (Å²) in [6, 6.07) is 0. The first-order valence-electron chi connectivity index (χ1n) is 2.74. The molecule has 0 heterocycles. The van der Waals surface area contributed by atoms with E-state index in [1.165, 1.54) is 0 Å². The fraction of sp³-hybridized carbons (Fsp3) is 0.800. The maximum atomic E-state index is 11.5. The molecular weight excluding hydrogens is 145 g/mol. The monoisotopic (exact) mass is 153 g/mol. The largest absolute Gasteiger partial charge is 0.273 e. The Morgan fingerprint density at radius 2 is 2.33 bits per heavy atom. The van der Waals surface area contributed by atoms with E-state index in [1.807, 2.05) is 6.92 Å². The van der Waals surface area contributed by atoms with Crippen molar-refractivity contribution >= 4 is 17.7 Å². The van der Waals surface area contributed by atoms with Crippen LogP contribution in [0.15, 0.2) is 0 Å². The van der Waals surface area contributed by atoms with Gasteiger partial charge in [-0.1, -0.05) is 6.92 Å². The summed E-state index contributed by atoms with van der Waals surface area (Å²) < 4.78 is 12.1. The number of alkyl halides is 1. The summed E-state index contributed by atoms with van der Waals surface area (Å²) >= 11 is 5.10. The Labute approximate surface area is 58.7 Å². The van der Waals surface area contributed by atoms with Crippen LogP contribution >= 0.6 is 11.8 Å². The van der Waals surface area contributed by atoms with E-state index in [9.17, 15) is 9.18 Å². The highest BCUT2D eigenvalue weighted by molar-refractivity contribution is 6.21. The van der Waals surface area contributed by atoms with Gasteiger partial charge in [0.05, 0.1) is 0 Å². The Morgan fingerprint density at radius 3 is 2.67 bits per heavy atom. The molecule has 0 rings (SSSR count). The molecule has 0 aliphatic rings. The van der Waals surface area contributed by atoms with Gasteiger partial charge in [-0.2, -0.15) is 0 Å². The second-order valence-corrected chi connectivity index (χ2v) is 2.03. The van der Waals surface area contributed by atoms with Crippen LogP contribution in [-0.4, -0.2) is 17.1 Å². The summed E-state index contributed by atoms with van der Waals surface area (Å²) in [6.45, 7) is 0.918. The standard InChI is InChI=1S/C5H9ClFNO/c1-2-3-5(9)8(6)4-7/h2-4H2,1H3. The van der Waals surface area contributed by atoms with Crippen LogP contribution in [0.25, 0.3) is 0 Å². The summed E-state index contributed by atoms with van der Waals surface area (Å²) in [5, 5.41) is 0. The van der Waals surface area contributed by atoms with Crippen LogP contribution < -0.4 is 0 Å². The third kappa shape index (κ3) is 3.30. The van der Waals surface area contributed by atoms with E-state index in [1.54, 1.807) is 0 Å². The minimum absolute atomic E-state index is 0.313. The number of nitrogens with zero attached hydrogens (tertiary/aromatic N) is 1. The topological polar surface area (TPSA) is 20.3 Å². The minimum Gasteiger partial charge on any atom is -0.273 e. The Balaban J connectivity index is 3.46. The fourth-order valence-corrected chi connectivity index (χ4v) is 0.486. The molecule has 0 spiro atoms. The molecule has 9 heavy (non-hydrogen) atoms. The van der Waals surface area contributed by atoms with Crippen LogP contribution in [0.4, 0.5) is 4.39 Å². The van der Waals surface area contributed by atoms with Crippen LogP contribution in [0.3, 0.4) is 0 Å². The van der Waals surface area contributed by atoms with Crippen LogP contribution in [0.2, 0.25) is 0 Å². The molecule has 54 valence electrons. The minimum atomic E-state index is -0.916. The molecule has 1 amide bonds. The normalized spacial score (nSPS) is 9.22. The van der Waals surface area contributed by atoms with Gasteiger partial charge in [-0.3, -0.25) is 4.79 Å². The Hall–Kier alpha value is -0.310. The quantitative estimate of drug-likeness (QED) is 0.447. The van der Waals surface area contributed by atoms with Gasteiger partial charge in [-0.25, -0.2) is 8.81 Å². The predicted molar refractivity (Wildman–Crippen MR) is 33.6 cm³/mol. The van der Waals surface area contributed by atoms with Gasteiger partial charge in [-0.15, -0.1) is 0 Å². The van der Waals surface area contributed by atoms with Gasteiger partial charge in [-0.05, 0) is 6.42 Å². The molecule has 0 aromatic heterocycles. The first kappa shape index (κ1) is 8.69. The summed E-state index contributed by atoms with van der Waals surface area (Å²) in [5.74, 6) is -0.360. The zero-order valence-electron chi connectivity index (χ0n) is 5.23. The maximum absolute atomic E-state index is 11.5. The lowest BCUT2D eigenvalue weighted by Crippen LogP contribution is -2.19. The number of carbonyl (C=O) groups is 1. The van der Waals surface area contributed by atoms with Gasteiger partial charge >= 0.3 is 0 Å². The highest BCUT2D eigenvalue weighted by atomic mass is 35.5. The van der Waals surface area contributed by atoms with Crippen molar-refractivity contribution in [1.82, 2.24) is 4.42 Å². The Morgan fingerprint density at radius 1 is 1.78 bits per heavy atom. The molecule has 0 N–H and O–H groups in total. The molecule has 0 aliphatic carbocycles. The van der Waals surface area contributed by atoms with E-state index in [0.29, 0.717) is 17.3 Å². The summed E-state index contributed by atoms with van der Waals surface area (Å²) in [5.41, 5.74) is 0. The molecule has 2 nitrogen and oxygen atoms in total. The van der Waals surface area contributed by atoms with Gasteiger partial charge in [0.25, 0.3) is 0 Å². The maximum Gasteiger partial charge on any atom is 0.239 e. The zero-order valence-corrected chi connectivity index (χ0v) is 5.99. The van der Waals surface area contributed by atoms with Crippen LogP contribution in [-0.2, 0) is 4.79 Å². The first-order valence-corrected chi connectivity index (χ1v) is 3.08. The SMILES string of the molecule is CCCC(=O)N(Cl)CF. The van der Waals surface area contributed by atoms with Gasteiger partial charge in [0, 0.05) is 18.2 Å². The third-order valence-electron chi connectivity index (χ3n) is 0.839. The van der Waals surface area contributed by atoms with Crippen LogP contribution in [0, 0.1) is 0 Å². The highest BCUT2D eigenvalue weighted by Crippen LogP contribution is 2.00. The Bertz CT molecular complexity index is 99.0. The van der Waals surface area contributed by atoms with Crippen molar-refractivity contribution in [2.24, 2.45) is 0 Å². The molecule has 0 aromatic rings. The zero-order chi connectivity index (χ0) is 7.28. The second-order valence-electron chi connectivity index (χ2n) is 1.63. The molecule has 0 aliphatic heterocycles. The summed E-state index contributed by atoms with van der Waals surface area (Å²) in [7, 11) is 0. The highest BCUT2D eigenvalue weighted by Gasteiger charge is 2.07. The van der Waals surface area contributed by atoms with E-state index >= 15 is 0 Å². The fourth-order valence-electron chi connectivity index (χ4n) is 0.402. The van der Waals surface area contributed by atoms with Crippen molar-refractivity contribution < 1.29 is 9.18 Å². The number of amides is 1. The molecule has 0 bridgehead atoms. The van der Waals surface area contributed by atoms with Crippen LogP contribution in [0.1, 0.15) is 19.8 Å². The third-order valence-corrected chi connectivity index (χ3v) is 1.12. The molecular formula is C5H9ClFNO. The van der Waals surface area contributed by atoms with Crippen molar-refractivity contribution in [3.8, 4) is 0 Å². The van der Waals surface area contributed by atoms with Gasteiger partial charge in [0.1, 0.15) is 0 Å². The molecule has 0 aromatic carbocycles. The lowest BCUT2D eigenvalue weighted by molar-refractivity contribution is -0.127. The number of rotatable bonds is 3. The average molecular weight is 154 g/mol. The smallest absolute Gasteiger partial charge is 0.239 e. The molecule has 0 atom stereocenters. The van der Waals surface area contributed by atoms with Gasteiger partial charge in [0.2, 0.25) is 5.91 Å². The van der Waals surface area contributed by atoms with Crippen molar-refractivity contribution in [2.45, 2.75) is 19.8 Å². The second kappa shape index (κ2) is 4.56. The number of hydrogen-bond acceptors (Lipinski definition) is 1. The molecule has 0 fully saturated rings. The molecule has 0 radical (unpaired) electrons. The number of hydrogen-bond donors (Lipinski definition) is 0. The van der Waals surface area contributed by atoms with E-state index < -0.39 is 6.80 Å². The van der Waals surface area contributed by atoms with Gasteiger partial charge < -0.3 is 0 Å². The van der Waals surface area contributed by atoms with Crippen molar-refractivity contribution in [3.63, 3.8) is 0 Å². The molecule has 0 saturated heterocycles. The van der Waals surface area contributed by atoms with E-state index in [0.717, 1.165) is 0 Å². The van der Waals surface area contributed by atoms with Crippen molar-refractivity contribution in [1.29, 1.82) is 0 Å². The van der Waals surface area contributed by atoms with E-state index in [2.05, 4.69) is 0 Å². The van der Waals surface area contributed by atoms with Crippen LogP contribution in [0.5, 0.6) is 0 Å². The van der Waals surface area contributed by atoms with E-state index in [4.69, 9.17) is 11.8 Å². The average Bonchev–Trinajstić information content (AvgIpc) is 1.87.